The van der Waals surface area contributed by atoms with Gasteiger partial charge in [0.05, 0.1) is 28.5 Å². The highest BCUT2D eigenvalue weighted by atomic mass is 19.4. The number of amides is 1. The summed E-state index contributed by atoms with van der Waals surface area (Å²) in [6.07, 6.45) is 3.48. The monoisotopic (exact) mass is 468 g/mol. The molecule has 0 radical (unpaired) electrons. The molecule has 4 rings (SSSR count). The third kappa shape index (κ3) is 4.37. The first-order chi connectivity index (χ1) is 16.2. The number of aryl methyl sites for hydroxylation is 1. The normalized spacial score (nSPS) is 12.2. The molecular weight excluding hydrogens is 449 g/mol. The largest absolute Gasteiger partial charge is 0.416 e. The Kier molecular flexibility index (Phi) is 5.88. The third-order valence-electron chi connectivity index (χ3n) is 5.17. The highest BCUT2D eigenvalue weighted by Crippen LogP contribution is 2.36. The lowest BCUT2D eigenvalue weighted by molar-refractivity contribution is -0.138. The van der Waals surface area contributed by atoms with Crippen LogP contribution in [0.15, 0.2) is 61.0 Å². The second kappa shape index (κ2) is 8.81. The lowest BCUT2D eigenvalue weighted by atomic mass is 10.0. The van der Waals surface area contributed by atoms with Gasteiger partial charge in [-0.2, -0.15) is 23.4 Å². The number of aromatic nitrogens is 5. The van der Waals surface area contributed by atoms with E-state index in [2.05, 4.69) is 20.5 Å². The standard InChI is InChI=1S/C22H19F3N8O/c1-32-10-17(9-30-32)15-5-19-20(29-12-31-33(19)11-15)13-2-3-14(18(4-13)22(23,24)25)8-28-21(34)16(6-26)7-27/h2-7,9-12,26H,8,27H2,1H3,(H,28,34)/b16-7+,26-6?. The first-order valence-corrected chi connectivity index (χ1v) is 9.94. The lowest BCUT2D eigenvalue weighted by Gasteiger charge is -2.15. The van der Waals surface area contributed by atoms with Gasteiger partial charge in [0.1, 0.15) is 6.33 Å². The van der Waals surface area contributed by atoms with Gasteiger partial charge in [-0.05, 0) is 17.7 Å². The van der Waals surface area contributed by atoms with Crippen LogP contribution >= 0.6 is 0 Å². The number of nitrogens with zero attached hydrogens (tertiary/aromatic N) is 5. The van der Waals surface area contributed by atoms with Gasteiger partial charge in [-0.25, -0.2) is 9.50 Å². The zero-order valence-corrected chi connectivity index (χ0v) is 17.8. The number of rotatable bonds is 6. The Hall–Kier alpha value is -4.48. The van der Waals surface area contributed by atoms with Crippen molar-refractivity contribution in [2.75, 3.05) is 0 Å². The summed E-state index contributed by atoms with van der Waals surface area (Å²) in [6, 6.07) is 5.58. The van der Waals surface area contributed by atoms with Crippen molar-refractivity contribution in [3.05, 3.63) is 72.1 Å². The molecule has 174 valence electrons. The van der Waals surface area contributed by atoms with Crippen LogP contribution in [0.25, 0.3) is 27.9 Å². The molecule has 0 saturated carbocycles. The van der Waals surface area contributed by atoms with Gasteiger partial charge in [0.15, 0.2) is 0 Å². The van der Waals surface area contributed by atoms with Crippen molar-refractivity contribution in [2.45, 2.75) is 12.7 Å². The summed E-state index contributed by atoms with van der Waals surface area (Å²) < 4.78 is 44.8. The Morgan fingerprint density at radius 1 is 1.18 bits per heavy atom. The number of nitrogens with two attached hydrogens (primary N) is 1. The Morgan fingerprint density at radius 2 is 1.97 bits per heavy atom. The molecule has 0 spiro atoms. The van der Waals surface area contributed by atoms with E-state index in [-0.39, 0.29) is 16.7 Å². The quantitative estimate of drug-likeness (QED) is 0.296. The van der Waals surface area contributed by atoms with Crippen LogP contribution in [-0.2, 0) is 24.6 Å². The number of benzene rings is 1. The zero-order valence-electron chi connectivity index (χ0n) is 17.8. The molecule has 0 saturated heterocycles. The minimum atomic E-state index is -4.67. The van der Waals surface area contributed by atoms with Gasteiger partial charge < -0.3 is 16.5 Å². The van der Waals surface area contributed by atoms with Gasteiger partial charge in [0.2, 0.25) is 0 Å². The number of nitrogens with one attached hydrogen (secondary N) is 2. The van der Waals surface area contributed by atoms with E-state index in [9.17, 15) is 18.0 Å². The zero-order chi connectivity index (χ0) is 24.5. The van der Waals surface area contributed by atoms with Crippen LogP contribution in [0.3, 0.4) is 0 Å². The van der Waals surface area contributed by atoms with Gasteiger partial charge in [-0.3, -0.25) is 9.48 Å². The highest BCUT2D eigenvalue weighted by molar-refractivity contribution is 6.11. The molecule has 0 aliphatic carbocycles. The molecule has 0 aliphatic heterocycles. The van der Waals surface area contributed by atoms with E-state index in [1.54, 1.807) is 34.7 Å². The van der Waals surface area contributed by atoms with E-state index < -0.39 is 24.2 Å². The second-order valence-corrected chi connectivity index (χ2v) is 7.39. The first kappa shape index (κ1) is 22.7. The van der Waals surface area contributed by atoms with Crippen LogP contribution < -0.4 is 11.1 Å². The molecule has 1 amide bonds. The Labute approximate surface area is 191 Å². The van der Waals surface area contributed by atoms with Crippen molar-refractivity contribution in [1.82, 2.24) is 29.7 Å². The van der Waals surface area contributed by atoms with Crippen LogP contribution in [0, 0.1) is 5.41 Å². The smallest absolute Gasteiger partial charge is 0.404 e. The molecule has 4 N–H and O–H groups in total. The summed E-state index contributed by atoms with van der Waals surface area (Å²) in [5.41, 5.74) is 6.76. The van der Waals surface area contributed by atoms with Crippen molar-refractivity contribution in [3.63, 3.8) is 0 Å². The Bertz CT molecular complexity index is 1420. The van der Waals surface area contributed by atoms with Gasteiger partial charge in [0, 0.05) is 55.1 Å². The fourth-order valence-electron chi connectivity index (χ4n) is 3.49. The predicted octanol–water partition coefficient (Wildman–Crippen LogP) is 2.92. The van der Waals surface area contributed by atoms with Crippen LogP contribution in [0.2, 0.25) is 0 Å². The number of halogens is 3. The molecule has 0 aliphatic rings. The molecule has 0 bridgehead atoms. The summed E-state index contributed by atoms with van der Waals surface area (Å²) in [5, 5.41) is 17.8. The lowest BCUT2D eigenvalue weighted by Crippen LogP contribution is -2.27. The molecule has 1 aromatic carbocycles. The molecule has 34 heavy (non-hydrogen) atoms. The van der Waals surface area contributed by atoms with Crippen molar-refractivity contribution >= 4 is 17.6 Å². The van der Waals surface area contributed by atoms with Crippen LogP contribution in [-0.4, -0.2) is 36.5 Å². The average Bonchev–Trinajstić information content (AvgIpc) is 3.43. The Balaban J connectivity index is 1.73. The summed E-state index contributed by atoms with van der Waals surface area (Å²) in [5.74, 6) is -0.747. The number of hydrogen-bond acceptors (Lipinski definition) is 6. The van der Waals surface area contributed by atoms with Gasteiger partial charge in [-0.1, -0.05) is 12.1 Å². The van der Waals surface area contributed by atoms with E-state index in [1.165, 1.54) is 18.5 Å². The molecule has 3 aromatic heterocycles. The van der Waals surface area contributed by atoms with Crippen molar-refractivity contribution < 1.29 is 18.0 Å². The number of alkyl halides is 3. The number of carbonyl (C=O) groups is 1. The summed E-state index contributed by atoms with van der Waals surface area (Å²) in [6.45, 7) is -0.394. The molecule has 3 heterocycles. The van der Waals surface area contributed by atoms with Crippen LogP contribution in [0.5, 0.6) is 0 Å². The number of carbonyl (C=O) groups excluding carboxylic acids is 1. The van der Waals surface area contributed by atoms with Crippen LogP contribution in [0.4, 0.5) is 13.2 Å². The maximum absolute atomic E-state index is 13.9. The SMILES string of the molecule is Cn1cc(-c2cc3c(-c4ccc(CNC(=O)/C(C=N)=C/N)c(C(F)(F)F)c4)ncnn3c2)cn1. The summed E-state index contributed by atoms with van der Waals surface area (Å²) in [7, 11) is 1.78. The fraction of sp³-hybridized carbons (Fsp3) is 0.136. The molecule has 9 nitrogen and oxygen atoms in total. The second-order valence-electron chi connectivity index (χ2n) is 7.39. The number of hydrogen-bond donors (Lipinski definition) is 3. The van der Waals surface area contributed by atoms with Gasteiger partial charge >= 0.3 is 6.18 Å². The predicted molar refractivity (Wildman–Crippen MR) is 119 cm³/mol. The van der Waals surface area contributed by atoms with E-state index in [0.717, 1.165) is 29.6 Å². The topological polar surface area (TPSA) is 127 Å². The molecule has 4 aromatic rings. The maximum Gasteiger partial charge on any atom is 0.416 e. The van der Waals surface area contributed by atoms with E-state index in [1.807, 2.05) is 6.20 Å². The van der Waals surface area contributed by atoms with Gasteiger partial charge in [0.25, 0.3) is 5.91 Å². The highest BCUT2D eigenvalue weighted by Gasteiger charge is 2.34. The summed E-state index contributed by atoms with van der Waals surface area (Å²) >= 11 is 0. The third-order valence-corrected chi connectivity index (χ3v) is 5.17. The molecule has 12 heteroatoms. The van der Waals surface area contributed by atoms with Crippen LogP contribution in [0.1, 0.15) is 11.1 Å². The van der Waals surface area contributed by atoms with Crippen molar-refractivity contribution in [2.24, 2.45) is 12.8 Å². The number of fused-ring (bicyclic) bond motifs is 1. The van der Waals surface area contributed by atoms with E-state index in [4.69, 9.17) is 11.1 Å². The average molecular weight is 468 g/mol. The molecule has 0 unspecified atom stereocenters. The fourth-order valence-corrected chi connectivity index (χ4v) is 3.49. The molecule has 0 fully saturated rings. The van der Waals surface area contributed by atoms with Gasteiger partial charge in [-0.15, -0.1) is 0 Å². The summed E-state index contributed by atoms with van der Waals surface area (Å²) in [4.78, 5) is 16.2. The Morgan fingerprint density at radius 3 is 2.62 bits per heavy atom. The maximum atomic E-state index is 13.9. The minimum absolute atomic E-state index is 0.137. The van der Waals surface area contributed by atoms with E-state index >= 15 is 0 Å². The first-order valence-electron chi connectivity index (χ1n) is 9.94. The van der Waals surface area contributed by atoms with Crippen molar-refractivity contribution in [3.8, 4) is 22.4 Å². The van der Waals surface area contributed by atoms with Crippen molar-refractivity contribution in [1.29, 1.82) is 5.41 Å². The molecular formula is C22H19F3N8O. The minimum Gasteiger partial charge on any atom is -0.404 e. The molecule has 0 atom stereocenters. The van der Waals surface area contributed by atoms with E-state index in [0.29, 0.717) is 11.2 Å².